The van der Waals surface area contributed by atoms with Gasteiger partial charge in [0, 0.05) is 6.42 Å². The molecule has 1 saturated heterocycles. The van der Waals surface area contributed by atoms with Crippen LogP contribution in [0.2, 0.25) is 18.1 Å². The predicted molar refractivity (Wildman–Crippen MR) is 101 cm³/mol. The van der Waals surface area contributed by atoms with Crippen LogP contribution in [0.5, 0.6) is 0 Å². The zero-order valence-corrected chi connectivity index (χ0v) is 18.4. The van der Waals surface area contributed by atoms with E-state index in [0.29, 0.717) is 0 Å². The number of methoxy groups -OCH3 is 1. The van der Waals surface area contributed by atoms with Crippen molar-refractivity contribution in [2.75, 3.05) is 7.11 Å². The van der Waals surface area contributed by atoms with E-state index in [0.717, 1.165) is 0 Å². The van der Waals surface area contributed by atoms with Crippen molar-refractivity contribution in [1.29, 1.82) is 0 Å². The molecule has 0 bridgehead atoms. The average Bonchev–Trinajstić information content (AvgIpc) is 3.28. The van der Waals surface area contributed by atoms with E-state index in [4.69, 9.17) is 13.9 Å². The zero-order valence-electron chi connectivity index (χ0n) is 17.4. The first-order valence-electron chi connectivity index (χ1n) is 9.71. The summed E-state index contributed by atoms with van der Waals surface area (Å²) >= 11 is 0. The van der Waals surface area contributed by atoms with E-state index in [9.17, 15) is 20.1 Å². The average molecular weight is 403 g/mol. The third-order valence-corrected chi connectivity index (χ3v) is 12.1. The number of epoxide rings is 1. The largest absolute Gasteiger partial charge is 0.468 e. The molecule has 0 aromatic rings. The highest BCUT2D eigenvalue weighted by Gasteiger charge is 2.88. The number of aliphatic hydroxyl groups excluding tert-OH is 2. The molecule has 2 saturated carbocycles. The molecule has 3 N–H and O–H groups in total. The molecular weight excluding hydrogens is 368 g/mol. The van der Waals surface area contributed by atoms with Crippen LogP contribution in [-0.4, -0.2) is 72.3 Å². The first-order valence-corrected chi connectivity index (χ1v) is 12.6. The highest BCUT2D eigenvalue weighted by atomic mass is 28.4. The molecule has 3 rings (SSSR count). The van der Waals surface area contributed by atoms with Gasteiger partial charge in [-0.25, -0.2) is 0 Å². The van der Waals surface area contributed by atoms with Gasteiger partial charge in [-0.2, -0.15) is 0 Å². The Morgan fingerprint density at radius 2 is 1.85 bits per heavy atom. The van der Waals surface area contributed by atoms with Gasteiger partial charge >= 0.3 is 5.97 Å². The van der Waals surface area contributed by atoms with Gasteiger partial charge in [0.05, 0.1) is 31.0 Å². The fourth-order valence-electron chi connectivity index (χ4n) is 5.05. The maximum atomic E-state index is 13.2. The maximum absolute atomic E-state index is 13.2. The SMILES string of the molecule is COC(=O)[C@@]12[C@@H](O)CC[C@](C)(O)[C@@]13O[C@H]3[C@@H](O)C[C@H]2O[Si](C)(C)C(C)(C)C. The van der Waals surface area contributed by atoms with E-state index < -0.39 is 55.3 Å². The lowest BCUT2D eigenvalue weighted by atomic mass is 9.51. The van der Waals surface area contributed by atoms with Gasteiger partial charge in [0.15, 0.2) is 13.7 Å². The smallest absolute Gasteiger partial charge is 0.320 e. The molecule has 0 radical (unpaired) electrons. The second-order valence-corrected chi connectivity index (χ2v) is 14.9. The Bertz CT molecular complexity index is 628. The van der Waals surface area contributed by atoms with Crippen molar-refractivity contribution >= 4 is 14.3 Å². The summed E-state index contributed by atoms with van der Waals surface area (Å²) in [5, 5.41) is 32.8. The van der Waals surface area contributed by atoms with Gasteiger partial charge in [-0.05, 0) is 37.9 Å². The van der Waals surface area contributed by atoms with Crippen LogP contribution in [0.25, 0.3) is 0 Å². The number of aliphatic hydroxyl groups is 3. The number of esters is 1. The van der Waals surface area contributed by atoms with Gasteiger partial charge in [0.2, 0.25) is 0 Å². The van der Waals surface area contributed by atoms with Crippen molar-refractivity contribution < 1.29 is 34.0 Å². The van der Waals surface area contributed by atoms with Crippen LogP contribution in [0.4, 0.5) is 0 Å². The Kier molecular flexibility index (Phi) is 4.71. The minimum atomic E-state index is -2.36. The number of carbonyl (C=O) groups excluding carboxylic acids is 1. The molecule has 0 aromatic heterocycles. The second kappa shape index (κ2) is 6.00. The molecular formula is C19H34O7Si. The Hall–Kier alpha value is -0.513. The highest BCUT2D eigenvalue weighted by molar-refractivity contribution is 6.74. The fourth-order valence-corrected chi connectivity index (χ4v) is 6.40. The summed E-state index contributed by atoms with van der Waals surface area (Å²) in [7, 11) is -1.09. The van der Waals surface area contributed by atoms with Crippen LogP contribution in [-0.2, 0) is 18.7 Å². The van der Waals surface area contributed by atoms with Crippen molar-refractivity contribution in [2.24, 2.45) is 5.41 Å². The Labute approximate surface area is 162 Å². The van der Waals surface area contributed by atoms with E-state index in [1.165, 1.54) is 7.11 Å². The maximum Gasteiger partial charge on any atom is 0.320 e. The van der Waals surface area contributed by atoms with Crippen molar-refractivity contribution in [3.63, 3.8) is 0 Å². The molecule has 1 aliphatic heterocycles. The minimum absolute atomic E-state index is 0.133. The summed E-state index contributed by atoms with van der Waals surface area (Å²) in [6.45, 7) is 12.0. The molecule has 3 fully saturated rings. The van der Waals surface area contributed by atoms with Crippen molar-refractivity contribution in [1.82, 2.24) is 0 Å². The van der Waals surface area contributed by atoms with Gasteiger partial charge in [0.25, 0.3) is 0 Å². The highest BCUT2D eigenvalue weighted by Crippen LogP contribution is 2.69. The third-order valence-electron chi connectivity index (χ3n) is 7.58. The zero-order chi connectivity index (χ0) is 20.6. The van der Waals surface area contributed by atoms with Gasteiger partial charge in [0.1, 0.15) is 11.7 Å². The van der Waals surface area contributed by atoms with E-state index >= 15 is 0 Å². The fraction of sp³-hybridized carbons (Fsp3) is 0.947. The van der Waals surface area contributed by atoms with Crippen LogP contribution in [0.15, 0.2) is 0 Å². The molecule has 7 atom stereocenters. The molecule has 156 valence electrons. The van der Waals surface area contributed by atoms with Gasteiger partial charge in [-0.1, -0.05) is 20.8 Å². The lowest BCUT2D eigenvalue weighted by molar-refractivity contribution is -0.229. The van der Waals surface area contributed by atoms with E-state index in [1.54, 1.807) is 6.92 Å². The summed E-state index contributed by atoms with van der Waals surface area (Å²) in [5.41, 5.74) is -4.36. The molecule has 0 amide bonds. The lowest BCUT2D eigenvalue weighted by Crippen LogP contribution is -2.75. The molecule has 3 aliphatic rings. The third kappa shape index (κ3) is 2.53. The number of ether oxygens (including phenoxy) is 2. The van der Waals surface area contributed by atoms with Crippen LogP contribution < -0.4 is 0 Å². The lowest BCUT2D eigenvalue weighted by Gasteiger charge is -2.57. The first-order chi connectivity index (χ1) is 12.2. The van der Waals surface area contributed by atoms with Crippen LogP contribution in [0.1, 0.15) is 47.0 Å². The molecule has 2 aliphatic carbocycles. The minimum Gasteiger partial charge on any atom is -0.468 e. The molecule has 1 heterocycles. The molecule has 1 spiro atoms. The molecule has 0 aromatic carbocycles. The van der Waals surface area contributed by atoms with Gasteiger partial charge < -0.3 is 29.2 Å². The molecule has 7 nitrogen and oxygen atoms in total. The summed E-state index contributed by atoms with van der Waals surface area (Å²) < 4.78 is 17.6. The van der Waals surface area contributed by atoms with Gasteiger partial charge in [-0.3, -0.25) is 4.79 Å². The summed E-state index contributed by atoms with van der Waals surface area (Å²) in [4.78, 5) is 13.2. The standard InChI is InChI=1S/C19H34O7Si/c1-16(2,3)27(6,7)26-13-10-11(20)14-19(25-14)17(4,23)9-8-12(21)18(13,19)15(22)24-5/h11-14,20-21,23H,8-10H2,1-7H3/t11-,12-,13+,14-,17-,18-,19+/m0/s1. The summed E-state index contributed by atoms with van der Waals surface area (Å²) in [5.74, 6) is -0.645. The Balaban J connectivity index is 2.16. The van der Waals surface area contributed by atoms with Crippen LogP contribution in [0, 0.1) is 5.41 Å². The summed E-state index contributed by atoms with van der Waals surface area (Å²) in [6.07, 6.45) is -2.84. The number of hydrogen-bond acceptors (Lipinski definition) is 7. The number of rotatable bonds is 3. The topological polar surface area (TPSA) is 109 Å². The van der Waals surface area contributed by atoms with Gasteiger partial charge in [-0.15, -0.1) is 0 Å². The van der Waals surface area contributed by atoms with Crippen molar-refractivity contribution in [2.45, 2.75) is 101 Å². The monoisotopic (exact) mass is 402 g/mol. The molecule has 27 heavy (non-hydrogen) atoms. The number of hydrogen-bond donors (Lipinski definition) is 3. The molecule has 8 heteroatoms. The van der Waals surface area contributed by atoms with Crippen molar-refractivity contribution in [3.8, 4) is 0 Å². The van der Waals surface area contributed by atoms with E-state index in [-0.39, 0.29) is 24.3 Å². The first kappa shape index (κ1) is 21.2. The van der Waals surface area contributed by atoms with Crippen molar-refractivity contribution in [3.05, 3.63) is 0 Å². The van der Waals surface area contributed by atoms with E-state index in [2.05, 4.69) is 33.9 Å². The van der Waals surface area contributed by atoms with Crippen LogP contribution in [0.3, 0.4) is 0 Å². The van der Waals surface area contributed by atoms with E-state index in [1.807, 2.05) is 0 Å². The molecule has 0 unspecified atom stereocenters. The van der Waals surface area contributed by atoms with Crippen LogP contribution >= 0.6 is 0 Å². The second-order valence-electron chi connectivity index (χ2n) is 10.1. The normalized spacial score (nSPS) is 47.0. The predicted octanol–water partition coefficient (Wildman–Crippen LogP) is 1.34. The Morgan fingerprint density at radius 1 is 1.26 bits per heavy atom. The summed E-state index contributed by atoms with van der Waals surface area (Å²) in [6, 6.07) is 0. The number of carbonyl (C=O) groups is 1. The quantitative estimate of drug-likeness (QED) is 0.371. The Morgan fingerprint density at radius 3 is 2.37 bits per heavy atom.